The van der Waals surface area contributed by atoms with E-state index < -0.39 is 0 Å². The second kappa shape index (κ2) is 6.74. The fraction of sp³-hybridized carbons (Fsp3) is 0.938. The summed E-state index contributed by atoms with van der Waals surface area (Å²) in [6.07, 6.45) is 8.14. The van der Waals surface area contributed by atoms with E-state index >= 15 is 0 Å². The third kappa shape index (κ3) is 3.95. The lowest BCUT2D eigenvalue weighted by Gasteiger charge is -2.36. The van der Waals surface area contributed by atoms with Crippen molar-refractivity contribution in [2.75, 3.05) is 13.6 Å². The maximum atomic E-state index is 12.4. The first-order chi connectivity index (χ1) is 9.08. The maximum Gasteiger partial charge on any atom is 0.224 e. The Hall–Kier alpha value is -0.570. The molecule has 1 saturated heterocycles. The fourth-order valence-electron chi connectivity index (χ4n) is 3.55. The molecule has 1 heterocycles. The smallest absolute Gasteiger partial charge is 0.224 e. The van der Waals surface area contributed by atoms with Gasteiger partial charge in [-0.05, 0) is 56.9 Å². The third-order valence-corrected chi connectivity index (χ3v) is 5.25. The molecule has 2 rings (SSSR count). The van der Waals surface area contributed by atoms with Gasteiger partial charge in [-0.3, -0.25) is 4.79 Å². The lowest BCUT2D eigenvalue weighted by Crippen LogP contribution is -2.46. The molecule has 0 spiro atoms. The Morgan fingerprint density at radius 1 is 1.16 bits per heavy atom. The van der Waals surface area contributed by atoms with Crippen LogP contribution in [0, 0.1) is 11.8 Å². The summed E-state index contributed by atoms with van der Waals surface area (Å²) in [5.74, 6) is 1.82. The zero-order valence-corrected chi connectivity index (χ0v) is 12.8. The van der Waals surface area contributed by atoms with Crippen LogP contribution in [0.5, 0.6) is 0 Å². The molecular formula is C16H30N2O. The second-order valence-electron chi connectivity index (χ2n) is 6.80. The van der Waals surface area contributed by atoms with Crippen LogP contribution in [0.2, 0.25) is 0 Å². The molecule has 1 saturated carbocycles. The summed E-state index contributed by atoms with van der Waals surface area (Å²) in [5.41, 5.74) is 0. The highest BCUT2D eigenvalue weighted by Gasteiger charge is 2.28. The SMILES string of the molecule is CC1CCC(N(C)C(=O)CC2NCCCC2C)CC1. The molecule has 1 aliphatic carbocycles. The third-order valence-electron chi connectivity index (χ3n) is 5.25. The van der Waals surface area contributed by atoms with Gasteiger partial charge in [-0.2, -0.15) is 0 Å². The van der Waals surface area contributed by atoms with Gasteiger partial charge in [0, 0.05) is 25.6 Å². The van der Waals surface area contributed by atoms with Crippen LogP contribution in [0.1, 0.15) is 58.8 Å². The number of hydrogen-bond acceptors (Lipinski definition) is 2. The Bertz CT molecular complexity index is 297. The zero-order valence-electron chi connectivity index (χ0n) is 12.8. The van der Waals surface area contributed by atoms with Gasteiger partial charge in [0.2, 0.25) is 5.91 Å². The topological polar surface area (TPSA) is 32.3 Å². The Morgan fingerprint density at radius 3 is 2.47 bits per heavy atom. The van der Waals surface area contributed by atoms with Crippen LogP contribution in [0.15, 0.2) is 0 Å². The predicted octanol–water partition coefficient (Wildman–Crippen LogP) is 2.80. The first kappa shape index (κ1) is 14.8. The quantitative estimate of drug-likeness (QED) is 0.852. The molecule has 2 unspecified atom stereocenters. The molecular weight excluding hydrogens is 236 g/mol. The van der Waals surface area contributed by atoms with E-state index in [-0.39, 0.29) is 0 Å². The van der Waals surface area contributed by atoms with Crippen molar-refractivity contribution in [2.24, 2.45) is 11.8 Å². The van der Waals surface area contributed by atoms with Crippen LogP contribution < -0.4 is 5.32 Å². The van der Waals surface area contributed by atoms with E-state index in [2.05, 4.69) is 19.2 Å². The summed E-state index contributed by atoms with van der Waals surface area (Å²) < 4.78 is 0. The second-order valence-corrected chi connectivity index (χ2v) is 6.80. The average Bonchev–Trinajstić information content (AvgIpc) is 2.41. The predicted molar refractivity (Wildman–Crippen MR) is 79.0 cm³/mol. The van der Waals surface area contributed by atoms with Gasteiger partial charge in [-0.15, -0.1) is 0 Å². The van der Waals surface area contributed by atoms with Gasteiger partial charge in [-0.1, -0.05) is 13.8 Å². The molecule has 1 amide bonds. The number of nitrogens with zero attached hydrogens (tertiary/aromatic N) is 1. The van der Waals surface area contributed by atoms with Crippen molar-refractivity contribution in [3.63, 3.8) is 0 Å². The Balaban J connectivity index is 1.81. The molecule has 2 fully saturated rings. The minimum atomic E-state index is 0.339. The molecule has 3 heteroatoms. The van der Waals surface area contributed by atoms with Gasteiger partial charge in [0.05, 0.1) is 0 Å². The van der Waals surface area contributed by atoms with Crippen LogP contribution >= 0.6 is 0 Å². The normalized spacial score (nSPS) is 35.9. The Morgan fingerprint density at radius 2 is 1.84 bits per heavy atom. The van der Waals surface area contributed by atoms with Gasteiger partial charge in [-0.25, -0.2) is 0 Å². The lowest BCUT2D eigenvalue weighted by molar-refractivity contribution is -0.133. The van der Waals surface area contributed by atoms with Crippen LogP contribution in [-0.4, -0.2) is 36.5 Å². The summed E-state index contributed by atoms with van der Waals surface area (Å²) in [6, 6.07) is 0.883. The van der Waals surface area contributed by atoms with Crippen molar-refractivity contribution in [3.8, 4) is 0 Å². The molecule has 0 aromatic carbocycles. The van der Waals surface area contributed by atoms with E-state index in [4.69, 9.17) is 0 Å². The van der Waals surface area contributed by atoms with Crippen molar-refractivity contribution >= 4 is 5.91 Å². The number of piperidine rings is 1. The molecule has 1 N–H and O–H groups in total. The van der Waals surface area contributed by atoms with Gasteiger partial charge in [0.1, 0.15) is 0 Å². The van der Waals surface area contributed by atoms with Crippen molar-refractivity contribution in [2.45, 2.75) is 70.9 Å². The van der Waals surface area contributed by atoms with Crippen LogP contribution in [0.4, 0.5) is 0 Å². The molecule has 0 aromatic heterocycles. The first-order valence-electron chi connectivity index (χ1n) is 8.07. The summed E-state index contributed by atoms with van der Waals surface area (Å²) >= 11 is 0. The van der Waals surface area contributed by atoms with Crippen molar-refractivity contribution in [1.29, 1.82) is 0 Å². The van der Waals surface area contributed by atoms with E-state index in [1.165, 1.54) is 38.5 Å². The van der Waals surface area contributed by atoms with Gasteiger partial charge in [0.25, 0.3) is 0 Å². The molecule has 0 bridgehead atoms. The van der Waals surface area contributed by atoms with E-state index in [0.717, 1.165) is 12.5 Å². The zero-order chi connectivity index (χ0) is 13.8. The van der Waals surface area contributed by atoms with Crippen molar-refractivity contribution in [1.82, 2.24) is 10.2 Å². The van der Waals surface area contributed by atoms with E-state index in [9.17, 15) is 4.79 Å². The molecule has 1 aliphatic heterocycles. The highest BCUT2D eigenvalue weighted by molar-refractivity contribution is 5.77. The van der Waals surface area contributed by atoms with Gasteiger partial charge >= 0.3 is 0 Å². The van der Waals surface area contributed by atoms with Crippen LogP contribution in [-0.2, 0) is 4.79 Å². The average molecular weight is 266 g/mol. The van der Waals surface area contributed by atoms with Crippen molar-refractivity contribution < 1.29 is 4.79 Å². The monoisotopic (exact) mass is 266 g/mol. The molecule has 19 heavy (non-hydrogen) atoms. The highest BCUT2D eigenvalue weighted by Crippen LogP contribution is 2.27. The highest BCUT2D eigenvalue weighted by atomic mass is 16.2. The van der Waals surface area contributed by atoms with Crippen LogP contribution in [0.25, 0.3) is 0 Å². The number of amides is 1. The standard InChI is InChI=1S/C16H30N2O/c1-12-6-8-14(9-7-12)18(3)16(19)11-15-13(2)5-4-10-17-15/h12-15,17H,4-11H2,1-3H3. The van der Waals surface area contributed by atoms with Gasteiger partial charge in [0.15, 0.2) is 0 Å². The van der Waals surface area contributed by atoms with Gasteiger partial charge < -0.3 is 10.2 Å². The fourth-order valence-corrected chi connectivity index (χ4v) is 3.55. The lowest BCUT2D eigenvalue weighted by atomic mass is 9.86. The first-order valence-corrected chi connectivity index (χ1v) is 8.07. The molecule has 0 aromatic rings. The number of rotatable bonds is 3. The molecule has 2 aliphatic rings. The number of carbonyl (C=O) groups is 1. The minimum Gasteiger partial charge on any atom is -0.343 e. The Kier molecular flexibility index (Phi) is 5.26. The molecule has 110 valence electrons. The molecule has 0 radical (unpaired) electrons. The maximum absolute atomic E-state index is 12.4. The molecule has 3 nitrogen and oxygen atoms in total. The largest absolute Gasteiger partial charge is 0.343 e. The van der Waals surface area contributed by atoms with Crippen LogP contribution in [0.3, 0.4) is 0 Å². The number of hydrogen-bond donors (Lipinski definition) is 1. The van der Waals surface area contributed by atoms with E-state index in [1.54, 1.807) is 0 Å². The summed E-state index contributed by atoms with van der Waals surface area (Å²) in [4.78, 5) is 14.5. The van der Waals surface area contributed by atoms with E-state index in [0.29, 0.717) is 30.3 Å². The minimum absolute atomic E-state index is 0.339. The Labute approximate surface area is 118 Å². The number of carbonyl (C=O) groups excluding carboxylic acids is 1. The summed E-state index contributed by atoms with van der Waals surface area (Å²) in [6.45, 7) is 5.67. The van der Waals surface area contributed by atoms with Crippen molar-refractivity contribution in [3.05, 3.63) is 0 Å². The summed E-state index contributed by atoms with van der Waals surface area (Å²) in [7, 11) is 2.01. The number of nitrogens with one attached hydrogen (secondary N) is 1. The molecule has 2 atom stereocenters. The summed E-state index contributed by atoms with van der Waals surface area (Å²) in [5, 5.41) is 3.52. The van der Waals surface area contributed by atoms with E-state index in [1.807, 2.05) is 11.9 Å².